The minimum atomic E-state index is -0.414. The quantitative estimate of drug-likeness (QED) is 0.547. The van der Waals surface area contributed by atoms with Gasteiger partial charge in [-0.25, -0.2) is 5.43 Å². The van der Waals surface area contributed by atoms with Crippen molar-refractivity contribution < 1.29 is 13.9 Å². The van der Waals surface area contributed by atoms with Crippen molar-refractivity contribution in [3.63, 3.8) is 0 Å². The van der Waals surface area contributed by atoms with Crippen LogP contribution in [0.4, 0.5) is 0 Å². The van der Waals surface area contributed by atoms with Crippen LogP contribution in [0.3, 0.4) is 0 Å². The molecule has 0 atom stereocenters. The predicted molar refractivity (Wildman–Crippen MR) is 95.7 cm³/mol. The molecule has 2 aromatic carbocycles. The van der Waals surface area contributed by atoms with Crippen molar-refractivity contribution in [2.24, 2.45) is 5.10 Å². The third-order valence-corrected chi connectivity index (χ3v) is 3.54. The molecule has 0 fully saturated rings. The van der Waals surface area contributed by atoms with Gasteiger partial charge in [0.05, 0.1) is 24.1 Å². The first kappa shape index (κ1) is 17.0. The molecule has 1 N–H and O–H groups in total. The first-order valence-electron chi connectivity index (χ1n) is 7.84. The zero-order valence-electron chi connectivity index (χ0n) is 13.8. The van der Waals surface area contributed by atoms with Crippen molar-refractivity contribution >= 4 is 12.1 Å². The maximum absolute atomic E-state index is 11.7. The summed E-state index contributed by atoms with van der Waals surface area (Å²) in [5, 5.41) is 13.0. The van der Waals surface area contributed by atoms with Crippen LogP contribution in [0.25, 0.3) is 0 Å². The summed E-state index contributed by atoms with van der Waals surface area (Å²) in [4.78, 5) is 11.7. The Kier molecular flexibility index (Phi) is 5.43. The van der Waals surface area contributed by atoms with Crippen LogP contribution in [0.15, 0.2) is 76.4 Å². The van der Waals surface area contributed by atoms with E-state index in [4.69, 9.17) is 14.4 Å². The largest absolute Gasteiger partial charge is 0.489 e. The molecule has 1 amide bonds. The number of rotatable bonds is 6. The summed E-state index contributed by atoms with van der Waals surface area (Å²) in [5.41, 5.74) is 4.62. The van der Waals surface area contributed by atoms with Gasteiger partial charge in [-0.3, -0.25) is 4.79 Å². The second-order valence-corrected chi connectivity index (χ2v) is 5.30. The van der Waals surface area contributed by atoms with Crippen molar-refractivity contribution in [1.82, 2.24) is 5.43 Å². The van der Waals surface area contributed by atoms with Crippen LogP contribution in [0.2, 0.25) is 0 Å². The molecule has 1 heterocycles. The van der Waals surface area contributed by atoms with Gasteiger partial charge >= 0.3 is 5.91 Å². The lowest BCUT2D eigenvalue weighted by Crippen LogP contribution is -2.16. The zero-order chi connectivity index (χ0) is 18.2. The van der Waals surface area contributed by atoms with Crippen LogP contribution < -0.4 is 10.2 Å². The fraction of sp³-hybridized carbons (Fsp3) is 0.0500. The number of carbonyl (C=O) groups is 1. The number of nitrogens with zero attached hydrogens (tertiary/aromatic N) is 2. The number of ether oxygens (including phenoxy) is 1. The van der Waals surface area contributed by atoms with Crippen molar-refractivity contribution in [3.8, 4) is 11.8 Å². The Morgan fingerprint density at radius 3 is 2.69 bits per heavy atom. The van der Waals surface area contributed by atoms with Crippen LogP contribution in [-0.2, 0) is 6.61 Å². The van der Waals surface area contributed by atoms with E-state index in [2.05, 4.69) is 16.6 Å². The molecule has 26 heavy (non-hydrogen) atoms. The molecule has 0 aliphatic rings. The molecule has 0 radical (unpaired) electrons. The predicted octanol–water partition coefficient (Wildman–Crippen LogP) is 3.49. The van der Waals surface area contributed by atoms with Gasteiger partial charge in [0.15, 0.2) is 5.76 Å². The molecule has 0 bridgehead atoms. The minimum absolute atomic E-state index is 0.198. The molecule has 0 unspecified atom stereocenters. The van der Waals surface area contributed by atoms with Gasteiger partial charge in [-0.05, 0) is 48.0 Å². The smallest absolute Gasteiger partial charge is 0.307 e. The van der Waals surface area contributed by atoms with Crippen LogP contribution in [0, 0.1) is 11.3 Å². The summed E-state index contributed by atoms with van der Waals surface area (Å²) in [5.74, 6) is 0.459. The number of hydrogen-bond acceptors (Lipinski definition) is 5. The van der Waals surface area contributed by atoms with Gasteiger partial charge in [0, 0.05) is 5.56 Å². The summed E-state index contributed by atoms with van der Waals surface area (Å²) in [6.07, 6.45) is 2.95. The zero-order valence-corrected chi connectivity index (χ0v) is 13.8. The molecule has 0 spiro atoms. The summed E-state index contributed by atoms with van der Waals surface area (Å²) >= 11 is 0. The molecule has 0 aliphatic carbocycles. The minimum Gasteiger partial charge on any atom is -0.489 e. The number of carbonyl (C=O) groups excluding carboxylic acids is 1. The second-order valence-electron chi connectivity index (χ2n) is 5.30. The number of furan rings is 1. The Labute approximate surface area is 150 Å². The molecular formula is C20H15N3O3. The van der Waals surface area contributed by atoms with E-state index in [0.717, 1.165) is 11.1 Å². The van der Waals surface area contributed by atoms with E-state index < -0.39 is 5.91 Å². The van der Waals surface area contributed by atoms with Gasteiger partial charge in [0.1, 0.15) is 12.4 Å². The lowest BCUT2D eigenvalue weighted by atomic mass is 10.1. The summed E-state index contributed by atoms with van der Waals surface area (Å²) in [6.45, 7) is 0.316. The average molecular weight is 345 g/mol. The van der Waals surface area contributed by atoms with Crippen molar-refractivity contribution in [2.75, 3.05) is 0 Å². The molecule has 6 nitrogen and oxygen atoms in total. The SMILES string of the molecule is N#Cc1ccccc1COc1ccc(C=NNC(=O)c2ccco2)cc1. The van der Waals surface area contributed by atoms with E-state index in [-0.39, 0.29) is 5.76 Å². The standard InChI is InChI=1S/C20H15N3O3/c21-12-16-4-1-2-5-17(16)14-26-18-9-7-15(8-10-18)13-22-23-20(24)19-6-3-11-25-19/h1-11,13H,14H2,(H,23,24). The molecule has 6 heteroatoms. The van der Waals surface area contributed by atoms with E-state index in [1.54, 1.807) is 30.3 Å². The maximum atomic E-state index is 11.7. The molecule has 128 valence electrons. The summed E-state index contributed by atoms with van der Waals surface area (Å²) in [6, 6.07) is 19.9. The van der Waals surface area contributed by atoms with Crippen LogP contribution in [-0.4, -0.2) is 12.1 Å². The lowest BCUT2D eigenvalue weighted by Gasteiger charge is -2.07. The first-order valence-corrected chi connectivity index (χ1v) is 7.84. The van der Waals surface area contributed by atoms with Gasteiger partial charge in [-0.1, -0.05) is 18.2 Å². The number of nitriles is 1. The van der Waals surface area contributed by atoms with E-state index in [0.29, 0.717) is 17.9 Å². The fourth-order valence-corrected chi connectivity index (χ4v) is 2.19. The van der Waals surface area contributed by atoms with Crippen molar-refractivity contribution in [1.29, 1.82) is 5.26 Å². The van der Waals surface area contributed by atoms with E-state index in [9.17, 15) is 4.79 Å². The Morgan fingerprint density at radius 2 is 1.96 bits per heavy atom. The van der Waals surface area contributed by atoms with Crippen LogP contribution in [0.5, 0.6) is 5.75 Å². The molecule has 3 aromatic rings. The van der Waals surface area contributed by atoms with Crippen LogP contribution >= 0.6 is 0 Å². The molecule has 0 saturated carbocycles. The fourth-order valence-electron chi connectivity index (χ4n) is 2.19. The highest BCUT2D eigenvalue weighted by atomic mass is 16.5. The Morgan fingerprint density at radius 1 is 1.15 bits per heavy atom. The maximum Gasteiger partial charge on any atom is 0.307 e. The third-order valence-electron chi connectivity index (χ3n) is 3.54. The molecule has 3 rings (SSSR count). The monoisotopic (exact) mass is 345 g/mol. The highest BCUT2D eigenvalue weighted by Gasteiger charge is 2.06. The van der Waals surface area contributed by atoms with Gasteiger partial charge < -0.3 is 9.15 Å². The summed E-state index contributed by atoms with van der Waals surface area (Å²) in [7, 11) is 0. The van der Waals surface area contributed by atoms with Crippen molar-refractivity contribution in [2.45, 2.75) is 6.61 Å². The lowest BCUT2D eigenvalue weighted by molar-refractivity contribution is 0.0927. The van der Waals surface area contributed by atoms with Crippen molar-refractivity contribution in [3.05, 3.63) is 89.4 Å². The summed E-state index contributed by atoms with van der Waals surface area (Å²) < 4.78 is 10.7. The Hall–Kier alpha value is -3.85. The first-order chi connectivity index (χ1) is 12.8. The molecular weight excluding hydrogens is 330 g/mol. The van der Waals surface area contributed by atoms with E-state index in [1.807, 2.05) is 30.3 Å². The average Bonchev–Trinajstić information content (AvgIpc) is 3.22. The number of amides is 1. The number of nitrogens with one attached hydrogen (secondary N) is 1. The highest BCUT2D eigenvalue weighted by molar-refractivity contribution is 5.92. The Bertz CT molecular complexity index is 939. The molecule has 1 aromatic heterocycles. The van der Waals surface area contributed by atoms with Crippen LogP contribution in [0.1, 0.15) is 27.2 Å². The second kappa shape index (κ2) is 8.31. The van der Waals surface area contributed by atoms with Gasteiger partial charge in [0.2, 0.25) is 0 Å². The van der Waals surface area contributed by atoms with E-state index >= 15 is 0 Å². The Balaban J connectivity index is 1.54. The van der Waals surface area contributed by atoms with Gasteiger partial charge in [0.25, 0.3) is 0 Å². The topological polar surface area (TPSA) is 87.6 Å². The molecule has 0 aliphatic heterocycles. The van der Waals surface area contributed by atoms with Gasteiger partial charge in [-0.15, -0.1) is 0 Å². The number of hydrogen-bond donors (Lipinski definition) is 1. The highest BCUT2D eigenvalue weighted by Crippen LogP contribution is 2.15. The van der Waals surface area contributed by atoms with E-state index in [1.165, 1.54) is 12.5 Å². The van der Waals surface area contributed by atoms with Gasteiger partial charge in [-0.2, -0.15) is 10.4 Å². The third kappa shape index (κ3) is 4.36. The normalized spacial score (nSPS) is 10.4. The molecule has 0 saturated heterocycles. The number of hydrazone groups is 1. The number of benzene rings is 2.